The zero-order chi connectivity index (χ0) is 14.3. The Morgan fingerprint density at radius 3 is 2.76 bits per heavy atom. The number of hydrogen-bond donors (Lipinski definition) is 0. The van der Waals surface area contributed by atoms with Crippen molar-refractivity contribution >= 4 is 0 Å². The normalized spacial score (nSPS) is 22.5. The molecule has 2 fully saturated rings. The van der Waals surface area contributed by atoms with Crippen molar-refractivity contribution in [2.24, 2.45) is 0 Å². The first-order chi connectivity index (χ1) is 10.4. The fourth-order valence-electron chi connectivity index (χ4n) is 3.90. The fourth-order valence-corrected chi connectivity index (χ4v) is 3.90. The molecule has 1 saturated heterocycles. The van der Waals surface area contributed by atoms with E-state index in [-0.39, 0.29) is 0 Å². The Kier molecular flexibility index (Phi) is 5.64. The minimum Gasteiger partial charge on any atom is -0.302 e. The Bertz CT molecular complexity index is 400. The van der Waals surface area contributed by atoms with Gasteiger partial charge < -0.3 is 4.90 Å². The Morgan fingerprint density at radius 2 is 1.95 bits per heavy atom. The number of aryl methyl sites for hydroxylation is 1. The summed E-state index contributed by atoms with van der Waals surface area (Å²) in [5, 5.41) is 0. The van der Waals surface area contributed by atoms with Gasteiger partial charge in [0.15, 0.2) is 0 Å². The summed E-state index contributed by atoms with van der Waals surface area (Å²) in [5.41, 5.74) is 1.37. The Morgan fingerprint density at radius 1 is 1.05 bits per heavy atom. The summed E-state index contributed by atoms with van der Waals surface area (Å²) in [6, 6.07) is 5.14. The lowest BCUT2D eigenvalue weighted by atomic mass is 10.1. The van der Waals surface area contributed by atoms with Crippen LogP contribution in [0.4, 0.5) is 0 Å². The molecular formula is C18H29N3. The fraction of sp³-hybridized carbons (Fsp3) is 0.722. The average molecular weight is 287 g/mol. The van der Waals surface area contributed by atoms with Crippen molar-refractivity contribution in [3.05, 3.63) is 30.1 Å². The van der Waals surface area contributed by atoms with Gasteiger partial charge in [-0.1, -0.05) is 18.9 Å². The summed E-state index contributed by atoms with van der Waals surface area (Å²) in [5.74, 6) is 0. The monoisotopic (exact) mass is 287 g/mol. The zero-order valence-corrected chi connectivity index (χ0v) is 13.2. The SMILES string of the molecule is c1cncc(CCCN2CCCN(C3CCCC3)CC2)c1. The minimum atomic E-state index is 0.903. The summed E-state index contributed by atoms with van der Waals surface area (Å²) in [7, 11) is 0. The molecule has 1 aliphatic heterocycles. The summed E-state index contributed by atoms with van der Waals surface area (Å²) in [4.78, 5) is 9.64. The van der Waals surface area contributed by atoms with E-state index in [1.54, 1.807) is 0 Å². The summed E-state index contributed by atoms with van der Waals surface area (Å²) in [6.07, 6.45) is 13.4. The maximum absolute atomic E-state index is 4.20. The van der Waals surface area contributed by atoms with Gasteiger partial charge in [-0.3, -0.25) is 9.88 Å². The highest BCUT2D eigenvalue weighted by atomic mass is 15.2. The molecule has 3 nitrogen and oxygen atoms in total. The standard InChI is InChI=1S/C18H29N3/c1-2-9-18(8-1)21-13-5-12-20(14-15-21)11-4-7-17-6-3-10-19-16-17/h3,6,10,16,18H,1-2,4-5,7-9,11-15H2. The maximum Gasteiger partial charge on any atom is 0.0299 e. The second-order valence-electron chi connectivity index (χ2n) is 6.63. The predicted molar refractivity (Wildman–Crippen MR) is 87.4 cm³/mol. The molecule has 0 spiro atoms. The molecule has 0 aromatic carbocycles. The molecule has 1 aromatic rings. The minimum absolute atomic E-state index is 0.903. The van der Waals surface area contributed by atoms with Gasteiger partial charge >= 0.3 is 0 Å². The van der Waals surface area contributed by atoms with Crippen molar-refractivity contribution in [3.63, 3.8) is 0 Å². The molecule has 2 aliphatic rings. The second-order valence-corrected chi connectivity index (χ2v) is 6.63. The van der Waals surface area contributed by atoms with Crippen LogP contribution in [0.2, 0.25) is 0 Å². The third-order valence-electron chi connectivity index (χ3n) is 5.13. The first-order valence-electron chi connectivity index (χ1n) is 8.77. The molecule has 0 bridgehead atoms. The van der Waals surface area contributed by atoms with Crippen LogP contribution in [0, 0.1) is 0 Å². The van der Waals surface area contributed by atoms with Gasteiger partial charge in [0.1, 0.15) is 0 Å². The van der Waals surface area contributed by atoms with E-state index in [9.17, 15) is 0 Å². The molecule has 3 rings (SSSR count). The third kappa shape index (κ3) is 4.52. The van der Waals surface area contributed by atoms with Crippen LogP contribution in [0.3, 0.4) is 0 Å². The van der Waals surface area contributed by atoms with E-state index in [4.69, 9.17) is 0 Å². The lowest BCUT2D eigenvalue weighted by Gasteiger charge is -2.27. The highest BCUT2D eigenvalue weighted by Crippen LogP contribution is 2.24. The molecule has 3 heteroatoms. The smallest absolute Gasteiger partial charge is 0.0299 e. The maximum atomic E-state index is 4.20. The van der Waals surface area contributed by atoms with Crippen molar-refractivity contribution in [3.8, 4) is 0 Å². The van der Waals surface area contributed by atoms with E-state index in [2.05, 4.69) is 20.9 Å². The van der Waals surface area contributed by atoms with Crippen molar-refractivity contribution in [1.82, 2.24) is 14.8 Å². The first kappa shape index (κ1) is 15.0. The molecule has 0 atom stereocenters. The molecule has 1 saturated carbocycles. The van der Waals surface area contributed by atoms with E-state index in [0.29, 0.717) is 0 Å². The van der Waals surface area contributed by atoms with E-state index in [1.807, 2.05) is 18.5 Å². The van der Waals surface area contributed by atoms with Crippen LogP contribution in [0.15, 0.2) is 24.5 Å². The number of hydrogen-bond acceptors (Lipinski definition) is 3. The average Bonchev–Trinajstić information content (AvgIpc) is 2.96. The lowest BCUT2D eigenvalue weighted by Crippen LogP contribution is -2.37. The van der Waals surface area contributed by atoms with Crippen molar-refractivity contribution in [1.29, 1.82) is 0 Å². The lowest BCUT2D eigenvalue weighted by molar-refractivity contribution is 0.199. The van der Waals surface area contributed by atoms with E-state index in [0.717, 1.165) is 12.5 Å². The molecule has 0 radical (unpaired) electrons. The predicted octanol–water partition coefficient (Wildman–Crippen LogP) is 2.96. The highest BCUT2D eigenvalue weighted by Gasteiger charge is 2.24. The zero-order valence-electron chi connectivity index (χ0n) is 13.2. The first-order valence-corrected chi connectivity index (χ1v) is 8.77. The molecule has 0 N–H and O–H groups in total. The molecule has 116 valence electrons. The Balaban J connectivity index is 1.38. The molecule has 0 unspecified atom stereocenters. The van der Waals surface area contributed by atoms with Gasteiger partial charge in [-0.05, 0) is 63.4 Å². The quantitative estimate of drug-likeness (QED) is 0.830. The molecule has 1 aromatic heterocycles. The van der Waals surface area contributed by atoms with Gasteiger partial charge in [-0.15, -0.1) is 0 Å². The van der Waals surface area contributed by atoms with Crippen molar-refractivity contribution in [2.75, 3.05) is 32.7 Å². The van der Waals surface area contributed by atoms with E-state index >= 15 is 0 Å². The van der Waals surface area contributed by atoms with Gasteiger partial charge in [0.2, 0.25) is 0 Å². The van der Waals surface area contributed by atoms with Crippen LogP contribution in [-0.4, -0.2) is 53.5 Å². The third-order valence-corrected chi connectivity index (χ3v) is 5.13. The Hall–Kier alpha value is -0.930. The number of rotatable bonds is 5. The Labute approximate surface area is 129 Å². The van der Waals surface area contributed by atoms with Crippen molar-refractivity contribution in [2.45, 2.75) is 51.0 Å². The summed E-state index contributed by atoms with van der Waals surface area (Å²) >= 11 is 0. The summed E-state index contributed by atoms with van der Waals surface area (Å²) in [6.45, 7) is 6.41. The van der Waals surface area contributed by atoms with Crippen LogP contribution in [0.1, 0.15) is 44.1 Å². The number of pyridine rings is 1. The highest BCUT2D eigenvalue weighted by molar-refractivity contribution is 5.08. The van der Waals surface area contributed by atoms with E-state index < -0.39 is 0 Å². The van der Waals surface area contributed by atoms with Gasteiger partial charge in [0.05, 0.1) is 0 Å². The van der Waals surface area contributed by atoms with Crippen LogP contribution < -0.4 is 0 Å². The molecule has 2 heterocycles. The van der Waals surface area contributed by atoms with Crippen LogP contribution in [0.25, 0.3) is 0 Å². The van der Waals surface area contributed by atoms with Gasteiger partial charge in [0.25, 0.3) is 0 Å². The summed E-state index contributed by atoms with van der Waals surface area (Å²) < 4.78 is 0. The topological polar surface area (TPSA) is 19.4 Å². The van der Waals surface area contributed by atoms with Crippen LogP contribution in [-0.2, 0) is 6.42 Å². The number of nitrogens with zero attached hydrogens (tertiary/aromatic N) is 3. The molecular weight excluding hydrogens is 258 g/mol. The number of aromatic nitrogens is 1. The van der Waals surface area contributed by atoms with Crippen molar-refractivity contribution < 1.29 is 0 Å². The molecule has 1 aliphatic carbocycles. The van der Waals surface area contributed by atoms with E-state index in [1.165, 1.54) is 76.8 Å². The molecule has 21 heavy (non-hydrogen) atoms. The van der Waals surface area contributed by atoms with Gasteiger partial charge in [-0.2, -0.15) is 0 Å². The van der Waals surface area contributed by atoms with Gasteiger partial charge in [0, 0.05) is 31.5 Å². The largest absolute Gasteiger partial charge is 0.302 e. The molecule has 0 amide bonds. The van der Waals surface area contributed by atoms with Crippen LogP contribution >= 0.6 is 0 Å². The second kappa shape index (κ2) is 7.90. The van der Waals surface area contributed by atoms with Crippen LogP contribution in [0.5, 0.6) is 0 Å². The van der Waals surface area contributed by atoms with Gasteiger partial charge in [-0.25, -0.2) is 0 Å².